The van der Waals surface area contributed by atoms with E-state index < -0.39 is 0 Å². The van der Waals surface area contributed by atoms with Gasteiger partial charge in [0.05, 0.1) is 12.5 Å². The second-order valence-corrected chi connectivity index (χ2v) is 5.34. The molecule has 0 heterocycles. The molecule has 1 aliphatic rings. The van der Waals surface area contributed by atoms with Crippen LogP contribution in [0.5, 0.6) is 0 Å². The average molecular weight is 358 g/mol. The SMILES string of the molecule is CNC1=CC=CC(C=O)C=C1.COC.O=CCNCCc1ccccc1. The number of carbonyl (C=O) groups excluding carboxylic acids is 2. The van der Waals surface area contributed by atoms with Gasteiger partial charge in [-0.05, 0) is 30.7 Å². The predicted molar refractivity (Wildman–Crippen MR) is 107 cm³/mol. The number of nitrogens with one attached hydrogen (secondary N) is 2. The first kappa shape index (κ1) is 23.5. The molecule has 5 nitrogen and oxygen atoms in total. The lowest BCUT2D eigenvalue weighted by Crippen LogP contribution is -2.19. The molecule has 1 aromatic carbocycles. The molecule has 5 heteroatoms. The molecule has 0 bridgehead atoms. The van der Waals surface area contributed by atoms with Crippen molar-refractivity contribution in [2.75, 3.05) is 34.4 Å². The molecule has 0 amide bonds. The smallest absolute Gasteiger partial charge is 0.133 e. The van der Waals surface area contributed by atoms with Gasteiger partial charge in [0, 0.05) is 27.0 Å². The van der Waals surface area contributed by atoms with E-state index in [1.807, 2.05) is 55.6 Å². The van der Waals surface area contributed by atoms with E-state index in [0.717, 1.165) is 31.2 Å². The second-order valence-electron chi connectivity index (χ2n) is 5.34. The molecule has 26 heavy (non-hydrogen) atoms. The monoisotopic (exact) mass is 358 g/mol. The van der Waals surface area contributed by atoms with Crippen LogP contribution in [0, 0.1) is 5.92 Å². The molecule has 1 aromatic rings. The van der Waals surface area contributed by atoms with E-state index in [0.29, 0.717) is 6.54 Å². The second kappa shape index (κ2) is 17.3. The summed E-state index contributed by atoms with van der Waals surface area (Å²) in [5, 5.41) is 6.01. The Morgan fingerprint density at radius 1 is 1.12 bits per heavy atom. The van der Waals surface area contributed by atoms with Crippen molar-refractivity contribution in [2.24, 2.45) is 5.92 Å². The molecule has 0 aromatic heterocycles. The lowest BCUT2D eigenvalue weighted by molar-refractivity contribution is -0.109. The Bertz CT molecular complexity index is 566. The summed E-state index contributed by atoms with van der Waals surface area (Å²) in [5.41, 5.74) is 2.32. The first-order chi connectivity index (χ1) is 12.7. The molecule has 0 spiro atoms. The van der Waals surface area contributed by atoms with E-state index >= 15 is 0 Å². The van der Waals surface area contributed by atoms with Crippen molar-refractivity contribution in [1.82, 2.24) is 10.6 Å². The van der Waals surface area contributed by atoms with E-state index in [2.05, 4.69) is 27.5 Å². The van der Waals surface area contributed by atoms with Crippen LogP contribution in [0.25, 0.3) is 0 Å². The molecule has 1 atom stereocenters. The number of likely N-dealkylation sites (N-methyl/N-ethyl adjacent to an activating group) is 1. The fourth-order valence-electron chi connectivity index (χ4n) is 1.92. The summed E-state index contributed by atoms with van der Waals surface area (Å²) in [6.07, 6.45) is 12.2. The van der Waals surface area contributed by atoms with Gasteiger partial charge >= 0.3 is 0 Å². The summed E-state index contributed by atoms with van der Waals surface area (Å²) >= 11 is 0. The van der Waals surface area contributed by atoms with E-state index in [9.17, 15) is 9.59 Å². The summed E-state index contributed by atoms with van der Waals surface area (Å²) in [6.45, 7) is 1.32. The summed E-state index contributed by atoms with van der Waals surface area (Å²) < 4.78 is 4.25. The van der Waals surface area contributed by atoms with Gasteiger partial charge in [0.15, 0.2) is 0 Å². The summed E-state index contributed by atoms with van der Waals surface area (Å²) in [6, 6.07) is 10.2. The Balaban J connectivity index is 0.000000419. The van der Waals surface area contributed by atoms with Crippen molar-refractivity contribution in [3.8, 4) is 0 Å². The average Bonchev–Trinajstić information content (AvgIpc) is 2.92. The highest BCUT2D eigenvalue weighted by atomic mass is 16.4. The van der Waals surface area contributed by atoms with E-state index in [4.69, 9.17) is 0 Å². The number of ether oxygens (including phenoxy) is 1. The molecule has 0 radical (unpaired) electrons. The quantitative estimate of drug-likeness (QED) is 0.578. The standard InChI is InChI=1S/C10H13NO.C9H11NO.C2H6O/c12-9-8-11-7-6-10-4-2-1-3-5-10;1-10-9-4-2-3-8(7-11)5-6-9;1-3-2/h1-5,9,11H,6-8H2;2-8,10H,1H3;1-2H3. The Labute approximate surface area is 156 Å². The Morgan fingerprint density at radius 3 is 2.38 bits per heavy atom. The normalized spacial score (nSPS) is 14.6. The molecule has 2 rings (SSSR count). The van der Waals surface area contributed by atoms with E-state index in [1.54, 1.807) is 14.2 Å². The molecule has 1 aliphatic carbocycles. The van der Waals surface area contributed by atoms with Crippen molar-refractivity contribution in [2.45, 2.75) is 6.42 Å². The van der Waals surface area contributed by atoms with Gasteiger partial charge in [-0.25, -0.2) is 0 Å². The zero-order valence-electron chi connectivity index (χ0n) is 15.9. The van der Waals surface area contributed by atoms with Gasteiger partial charge in [-0.2, -0.15) is 0 Å². The Morgan fingerprint density at radius 2 is 1.81 bits per heavy atom. The van der Waals surface area contributed by atoms with Gasteiger partial charge in [0.25, 0.3) is 0 Å². The third-order valence-electron chi connectivity index (χ3n) is 3.21. The van der Waals surface area contributed by atoms with Gasteiger partial charge in [-0.15, -0.1) is 0 Å². The third-order valence-corrected chi connectivity index (χ3v) is 3.21. The van der Waals surface area contributed by atoms with Crippen molar-refractivity contribution >= 4 is 12.6 Å². The third kappa shape index (κ3) is 12.9. The van der Waals surface area contributed by atoms with E-state index in [-0.39, 0.29) is 5.92 Å². The number of allylic oxidation sites excluding steroid dienone is 5. The van der Waals surface area contributed by atoms with Crippen molar-refractivity contribution in [1.29, 1.82) is 0 Å². The fraction of sp³-hybridized carbons (Fsp3) is 0.333. The topological polar surface area (TPSA) is 67.4 Å². The van der Waals surface area contributed by atoms with Crippen LogP contribution in [-0.2, 0) is 20.7 Å². The predicted octanol–water partition coefficient (Wildman–Crippen LogP) is 2.31. The zero-order valence-corrected chi connectivity index (χ0v) is 15.9. The van der Waals surface area contributed by atoms with Crippen LogP contribution in [0.3, 0.4) is 0 Å². The van der Waals surface area contributed by atoms with Crippen molar-refractivity contribution in [3.05, 3.63) is 72.0 Å². The highest BCUT2D eigenvalue weighted by molar-refractivity contribution is 5.60. The highest BCUT2D eigenvalue weighted by Gasteiger charge is 1.98. The van der Waals surface area contributed by atoms with Crippen molar-refractivity contribution < 1.29 is 14.3 Å². The largest absolute Gasteiger partial charge is 0.388 e. The maximum Gasteiger partial charge on any atom is 0.133 e. The molecule has 142 valence electrons. The van der Waals surface area contributed by atoms with Gasteiger partial charge in [-0.1, -0.05) is 48.6 Å². The van der Waals surface area contributed by atoms with Crippen LogP contribution in [0.15, 0.2) is 66.4 Å². The van der Waals surface area contributed by atoms with Crippen LogP contribution in [0.4, 0.5) is 0 Å². The minimum absolute atomic E-state index is 0.0721. The number of hydrogen-bond acceptors (Lipinski definition) is 5. The molecular formula is C21H30N2O3. The maximum atomic E-state index is 10.4. The summed E-state index contributed by atoms with van der Waals surface area (Å²) in [5.74, 6) is -0.0721. The lowest BCUT2D eigenvalue weighted by Gasteiger charge is -2.00. The number of rotatable bonds is 7. The molecule has 0 fully saturated rings. The number of hydrogen-bond donors (Lipinski definition) is 2. The molecule has 0 aliphatic heterocycles. The van der Waals surface area contributed by atoms with Crippen LogP contribution in [0.2, 0.25) is 0 Å². The van der Waals surface area contributed by atoms with Crippen LogP contribution in [0.1, 0.15) is 5.56 Å². The van der Waals surface area contributed by atoms with Crippen LogP contribution >= 0.6 is 0 Å². The number of carbonyl (C=O) groups is 2. The van der Waals surface area contributed by atoms with Gasteiger partial charge in [0.1, 0.15) is 12.6 Å². The maximum absolute atomic E-state index is 10.4. The molecule has 2 N–H and O–H groups in total. The van der Waals surface area contributed by atoms with Crippen LogP contribution in [-0.4, -0.2) is 46.9 Å². The van der Waals surface area contributed by atoms with Gasteiger partial charge in [-0.3, -0.25) is 0 Å². The minimum Gasteiger partial charge on any atom is -0.388 e. The fourth-order valence-corrected chi connectivity index (χ4v) is 1.92. The lowest BCUT2D eigenvalue weighted by atomic mass is 10.1. The number of benzene rings is 1. The summed E-state index contributed by atoms with van der Waals surface area (Å²) in [4.78, 5) is 20.3. The van der Waals surface area contributed by atoms with Crippen LogP contribution < -0.4 is 10.6 Å². The number of aldehydes is 2. The highest BCUT2D eigenvalue weighted by Crippen LogP contribution is 2.05. The van der Waals surface area contributed by atoms with Gasteiger partial charge < -0.3 is 25.0 Å². The Hall–Kier alpha value is -2.50. The Kier molecular flexibility index (Phi) is 15.7. The zero-order chi connectivity index (χ0) is 19.5. The molecule has 0 saturated carbocycles. The minimum atomic E-state index is -0.0721. The van der Waals surface area contributed by atoms with E-state index in [1.165, 1.54) is 5.56 Å². The molecule has 0 saturated heterocycles. The van der Waals surface area contributed by atoms with Crippen molar-refractivity contribution in [3.63, 3.8) is 0 Å². The first-order valence-electron chi connectivity index (χ1n) is 8.49. The first-order valence-corrected chi connectivity index (χ1v) is 8.49. The van der Waals surface area contributed by atoms with Gasteiger partial charge in [0.2, 0.25) is 0 Å². The molecule has 1 unspecified atom stereocenters. The molecular weight excluding hydrogens is 328 g/mol. The summed E-state index contributed by atoms with van der Waals surface area (Å²) in [7, 11) is 5.10. The number of methoxy groups -OCH3 is 1.